The largest absolute Gasteiger partial charge is 0.337 e. The van der Waals surface area contributed by atoms with Crippen molar-refractivity contribution in [1.82, 2.24) is 10.2 Å². The van der Waals surface area contributed by atoms with Gasteiger partial charge in [-0.25, -0.2) is 0 Å². The van der Waals surface area contributed by atoms with Crippen molar-refractivity contribution in [1.29, 1.82) is 0 Å². The third-order valence-electron chi connectivity index (χ3n) is 5.32. The van der Waals surface area contributed by atoms with Gasteiger partial charge in [0.25, 0.3) is 5.91 Å². The summed E-state index contributed by atoms with van der Waals surface area (Å²) in [6, 6.07) is 14.7. The number of rotatable bonds is 3. The van der Waals surface area contributed by atoms with E-state index >= 15 is 0 Å². The molecule has 2 aromatic rings. The SMILES string of the molecule is Cl.O=C(c1ccc(Cl)cc1)c1ccccc1C(=O)N1CCC2CCC(C1)N2. The second kappa shape index (κ2) is 8.42. The smallest absolute Gasteiger partial charge is 0.254 e. The molecule has 2 heterocycles. The van der Waals surface area contributed by atoms with Gasteiger partial charge in [0.05, 0.1) is 5.56 Å². The van der Waals surface area contributed by atoms with Gasteiger partial charge in [0.2, 0.25) is 0 Å². The van der Waals surface area contributed by atoms with Crippen molar-refractivity contribution >= 4 is 35.7 Å². The zero-order chi connectivity index (χ0) is 18.1. The van der Waals surface area contributed by atoms with Crippen molar-refractivity contribution in [2.75, 3.05) is 13.1 Å². The number of halogens is 2. The Morgan fingerprint density at radius 3 is 2.33 bits per heavy atom. The normalized spacial score (nSPS) is 21.3. The molecule has 2 fully saturated rings. The second-order valence-electron chi connectivity index (χ2n) is 7.06. The van der Waals surface area contributed by atoms with Crippen molar-refractivity contribution in [3.8, 4) is 0 Å². The third kappa shape index (κ3) is 4.18. The number of amides is 1. The van der Waals surface area contributed by atoms with Crippen LogP contribution in [0.3, 0.4) is 0 Å². The molecule has 2 aliphatic rings. The Morgan fingerprint density at radius 2 is 1.59 bits per heavy atom. The lowest BCUT2D eigenvalue weighted by molar-refractivity contribution is 0.0744. The van der Waals surface area contributed by atoms with Crippen LogP contribution < -0.4 is 5.32 Å². The van der Waals surface area contributed by atoms with E-state index in [0.717, 1.165) is 19.4 Å². The number of hydrogen-bond donors (Lipinski definition) is 1. The van der Waals surface area contributed by atoms with Crippen LogP contribution in [-0.2, 0) is 0 Å². The van der Waals surface area contributed by atoms with Crippen LogP contribution in [0.2, 0.25) is 5.02 Å². The van der Waals surface area contributed by atoms with Crippen LogP contribution in [0.5, 0.6) is 0 Å². The van der Waals surface area contributed by atoms with Crippen molar-refractivity contribution in [2.24, 2.45) is 0 Å². The molecule has 2 atom stereocenters. The molecule has 27 heavy (non-hydrogen) atoms. The van der Waals surface area contributed by atoms with E-state index in [2.05, 4.69) is 5.32 Å². The van der Waals surface area contributed by atoms with Crippen LogP contribution >= 0.6 is 24.0 Å². The lowest BCUT2D eigenvalue weighted by Gasteiger charge is -2.25. The first-order chi connectivity index (χ1) is 12.6. The van der Waals surface area contributed by atoms with E-state index in [0.29, 0.717) is 40.3 Å². The van der Waals surface area contributed by atoms with Gasteiger partial charge < -0.3 is 10.2 Å². The first kappa shape index (κ1) is 19.9. The predicted octanol–water partition coefficient (Wildman–Crippen LogP) is 3.96. The summed E-state index contributed by atoms with van der Waals surface area (Å²) < 4.78 is 0. The number of carbonyl (C=O) groups is 2. The van der Waals surface area contributed by atoms with Gasteiger partial charge in [-0.3, -0.25) is 9.59 Å². The van der Waals surface area contributed by atoms with Crippen LogP contribution in [0.25, 0.3) is 0 Å². The molecule has 4 rings (SSSR count). The summed E-state index contributed by atoms with van der Waals surface area (Å²) in [7, 11) is 0. The van der Waals surface area contributed by atoms with E-state index in [1.807, 2.05) is 11.0 Å². The molecule has 1 N–H and O–H groups in total. The quantitative estimate of drug-likeness (QED) is 0.787. The Balaban J connectivity index is 0.00000210. The van der Waals surface area contributed by atoms with E-state index in [1.54, 1.807) is 42.5 Å². The van der Waals surface area contributed by atoms with Gasteiger partial charge in [-0.05, 0) is 49.6 Å². The van der Waals surface area contributed by atoms with Crippen LogP contribution in [0, 0.1) is 0 Å². The first-order valence-corrected chi connectivity index (χ1v) is 9.44. The Labute approximate surface area is 170 Å². The summed E-state index contributed by atoms with van der Waals surface area (Å²) >= 11 is 5.91. The monoisotopic (exact) mass is 404 g/mol. The van der Waals surface area contributed by atoms with E-state index < -0.39 is 0 Å². The average molecular weight is 405 g/mol. The minimum Gasteiger partial charge on any atom is -0.337 e. The predicted molar refractivity (Wildman–Crippen MR) is 109 cm³/mol. The molecule has 0 radical (unpaired) electrons. The fraction of sp³-hybridized carbons (Fsp3) is 0.333. The maximum atomic E-state index is 13.2. The topological polar surface area (TPSA) is 49.4 Å². The molecule has 6 heteroatoms. The second-order valence-corrected chi connectivity index (χ2v) is 7.50. The van der Waals surface area contributed by atoms with Crippen molar-refractivity contribution < 1.29 is 9.59 Å². The molecule has 142 valence electrons. The Kier molecular flexibility index (Phi) is 6.20. The molecule has 0 aromatic heterocycles. The Morgan fingerprint density at radius 1 is 0.926 bits per heavy atom. The van der Waals surface area contributed by atoms with E-state index in [9.17, 15) is 9.59 Å². The van der Waals surface area contributed by atoms with Gasteiger partial charge in [-0.15, -0.1) is 12.4 Å². The molecular weight excluding hydrogens is 383 g/mol. The number of nitrogens with one attached hydrogen (secondary N) is 1. The summed E-state index contributed by atoms with van der Waals surface area (Å²) in [5.41, 5.74) is 1.46. The molecule has 0 spiro atoms. The van der Waals surface area contributed by atoms with E-state index in [4.69, 9.17) is 11.6 Å². The molecule has 0 saturated carbocycles. The summed E-state index contributed by atoms with van der Waals surface area (Å²) in [6.07, 6.45) is 3.27. The number of benzene rings is 2. The van der Waals surface area contributed by atoms with Crippen LogP contribution in [0.15, 0.2) is 48.5 Å². The maximum Gasteiger partial charge on any atom is 0.254 e. The summed E-state index contributed by atoms with van der Waals surface area (Å²) in [5.74, 6) is -0.211. The summed E-state index contributed by atoms with van der Waals surface area (Å²) in [6.45, 7) is 1.44. The van der Waals surface area contributed by atoms with Gasteiger partial charge in [0.1, 0.15) is 0 Å². The molecular formula is C21H22Cl2N2O2. The molecule has 2 unspecified atom stereocenters. The van der Waals surface area contributed by atoms with Crippen LogP contribution in [-0.4, -0.2) is 41.8 Å². The zero-order valence-electron chi connectivity index (χ0n) is 14.9. The standard InChI is InChI=1S/C21H21ClN2O2.ClH/c22-15-7-5-14(6-8-15)20(25)18-3-1-2-4-19(18)21(26)24-12-11-16-9-10-17(13-24)23-16;/h1-8,16-17,23H,9-13H2;1H. The maximum absolute atomic E-state index is 13.2. The van der Waals surface area contributed by atoms with Crippen LogP contribution in [0.4, 0.5) is 0 Å². The van der Waals surface area contributed by atoms with Gasteiger partial charge >= 0.3 is 0 Å². The summed E-state index contributed by atoms with van der Waals surface area (Å²) in [5, 5.41) is 4.17. The molecule has 2 bridgehead atoms. The fourth-order valence-electron chi connectivity index (χ4n) is 3.92. The van der Waals surface area contributed by atoms with Crippen molar-refractivity contribution in [3.63, 3.8) is 0 Å². The minimum absolute atomic E-state index is 0. The highest BCUT2D eigenvalue weighted by molar-refractivity contribution is 6.30. The number of fused-ring (bicyclic) bond motifs is 2. The highest BCUT2D eigenvalue weighted by Crippen LogP contribution is 2.23. The number of nitrogens with zero attached hydrogens (tertiary/aromatic N) is 1. The molecule has 1 amide bonds. The Hall–Kier alpha value is -1.88. The van der Waals surface area contributed by atoms with E-state index in [1.165, 1.54) is 6.42 Å². The van der Waals surface area contributed by atoms with Gasteiger partial charge in [-0.2, -0.15) is 0 Å². The fourth-order valence-corrected chi connectivity index (χ4v) is 4.05. The lowest BCUT2D eigenvalue weighted by atomic mass is 9.97. The minimum atomic E-state index is -0.153. The number of ketones is 1. The van der Waals surface area contributed by atoms with Gasteiger partial charge in [0.15, 0.2) is 5.78 Å². The average Bonchev–Trinajstić information content (AvgIpc) is 3.00. The Bertz CT molecular complexity index is 838. The zero-order valence-corrected chi connectivity index (χ0v) is 16.4. The lowest BCUT2D eigenvalue weighted by Crippen LogP contribution is -2.39. The number of carbonyl (C=O) groups excluding carboxylic acids is 2. The molecule has 0 aliphatic carbocycles. The molecule has 2 saturated heterocycles. The van der Waals surface area contributed by atoms with E-state index in [-0.39, 0.29) is 24.1 Å². The van der Waals surface area contributed by atoms with Crippen molar-refractivity contribution in [3.05, 3.63) is 70.2 Å². The highest BCUT2D eigenvalue weighted by atomic mass is 35.5. The molecule has 4 nitrogen and oxygen atoms in total. The third-order valence-corrected chi connectivity index (χ3v) is 5.57. The van der Waals surface area contributed by atoms with Gasteiger partial charge in [-0.1, -0.05) is 29.8 Å². The van der Waals surface area contributed by atoms with Gasteiger partial charge in [0, 0.05) is 41.3 Å². The van der Waals surface area contributed by atoms with Crippen molar-refractivity contribution in [2.45, 2.75) is 31.3 Å². The molecule has 2 aromatic carbocycles. The molecule has 2 aliphatic heterocycles. The summed E-state index contributed by atoms with van der Waals surface area (Å²) in [4.78, 5) is 28.0. The number of hydrogen-bond acceptors (Lipinski definition) is 3. The first-order valence-electron chi connectivity index (χ1n) is 9.06. The van der Waals surface area contributed by atoms with Crippen LogP contribution in [0.1, 0.15) is 45.5 Å². The highest BCUT2D eigenvalue weighted by Gasteiger charge is 2.32. The number of likely N-dealkylation sites (tertiary alicyclic amines) is 1.